The Kier molecular flexibility index (Phi) is 3.43. The molecule has 1 N–H and O–H groups in total. The largest absolute Gasteiger partial charge is 0.478 e. The number of benzene rings is 1. The van der Waals surface area contributed by atoms with Gasteiger partial charge in [0.2, 0.25) is 5.89 Å². The van der Waals surface area contributed by atoms with E-state index in [0.717, 1.165) is 23.3 Å². The van der Waals surface area contributed by atoms with E-state index in [1.807, 2.05) is 10.8 Å². The quantitative estimate of drug-likeness (QED) is 0.922. The summed E-state index contributed by atoms with van der Waals surface area (Å²) in [5, 5.41) is 12.9. The van der Waals surface area contributed by atoms with Crippen molar-refractivity contribution in [1.29, 1.82) is 0 Å². The molecule has 0 spiro atoms. The molecule has 1 aliphatic heterocycles. The first-order valence-electron chi connectivity index (χ1n) is 6.03. The van der Waals surface area contributed by atoms with Crippen LogP contribution >= 0.6 is 11.8 Å². The van der Waals surface area contributed by atoms with Crippen molar-refractivity contribution in [3.05, 3.63) is 58.7 Å². The third kappa shape index (κ3) is 2.53. The first-order valence-corrected chi connectivity index (χ1v) is 6.98. The summed E-state index contributed by atoms with van der Waals surface area (Å²) in [6.07, 6.45) is 4.61. The van der Waals surface area contributed by atoms with E-state index >= 15 is 0 Å². The Morgan fingerprint density at radius 1 is 1.30 bits per heavy atom. The molecule has 2 heterocycles. The van der Waals surface area contributed by atoms with Crippen LogP contribution in [0.25, 0.3) is 17.0 Å². The monoisotopic (exact) mass is 285 g/mol. The lowest BCUT2D eigenvalue weighted by Crippen LogP contribution is -1.94. The van der Waals surface area contributed by atoms with Gasteiger partial charge in [0.1, 0.15) is 0 Å². The molecule has 1 aromatic carbocycles. The van der Waals surface area contributed by atoms with Gasteiger partial charge in [0, 0.05) is 11.1 Å². The molecule has 0 fully saturated rings. The summed E-state index contributed by atoms with van der Waals surface area (Å²) in [7, 11) is 0. The number of hydrogen-bond acceptors (Lipinski definition) is 4. The van der Waals surface area contributed by atoms with Crippen LogP contribution in [0.3, 0.4) is 0 Å². The van der Waals surface area contributed by atoms with Gasteiger partial charge in [-0.25, -0.2) is 9.78 Å². The van der Waals surface area contributed by atoms with Crippen LogP contribution in [0, 0.1) is 0 Å². The number of carbonyl (C=O) groups is 1. The topological polar surface area (TPSA) is 63.3 Å². The summed E-state index contributed by atoms with van der Waals surface area (Å²) < 4.78 is 5.74. The normalized spacial score (nSPS) is 14.1. The molecule has 100 valence electrons. The van der Waals surface area contributed by atoms with Crippen LogP contribution in [0.4, 0.5) is 0 Å². The second-order valence-electron chi connectivity index (χ2n) is 4.27. The zero-order valence-electron chi connectivity index (χ0n) is 10.4. The fraction of sp³-hybridized carbons (Fsp3) is 0.0667. The zero-order valence-corrected chi connectivity index (χ0v) is 11.3. The minimum Gasteiger partial charge on any atom is -0.478 e. The van der Waals surface area contributed by atoms with E-state index in [0.29, 0.717) is 5.89 Å². The molecule has 0 saturated heterocycles. The number of aromatic nitrogens is 1. The van der Waals surface area contributed by atoms with Gasteiger partial charge < -0.3 is 9.52 Å². The van der Waals surface area contributed by atoms with Crippen LogP contribution in [0.15, 0.2) is 51.8 Å². The molecule has 0 amide bonds. The van der Waals surface area contributed by atoms with Crippen LogP contribution in [0.1, 0.15) is 22.5 Å². The van der Waals surface area contributed by atoms with E-state index in [9.17, 15) is 4.79 Å². The first kappa shape index (κ1) is 12.7. The molecule has 0 unspecified atom stereocenters. The number of carboxylic acids is 1. The smallest absolute Gasteiger partial charge is 0.335 e. The maximum atomic E-state index is 10.8. The van der Waals surface area contributed by atoms with Crippen LogP contribution in [-0.4, -0.2) is 16.1 Å². The SMILES string of the molecule is O=C(O)c1ccc(-c2ncc(C3=CSC=CC3)o2)cc1. The molecule has 4 nitrogen and oxygen atoms in total. The fourth-order valence-electron chi connectivity index (χ4n) is 1.87. The van der Waals surface area contributed by atoms with E-state index in [1.165, 1.54) is 0 Å². The highest BCUT2D eigenvalue weighted by Gasteiger charge is 2.12. The molecule has 0 saturated carbocycles. The fourth-order valence-corrected chi connectivity index (χ4v) is 2.53. The van der Waals surface area contributed by atoms with Crippen molar-refractivity contribution in [2.75, 3.05) is 0 Å². The highest BCUT2D eigenvalue weighted by atomic mass is 32.2. The molecular formula is C15H11NO3S. The van der Waals surface area contributed by atoms with E-state index in [2.05, 4.69) is 11.1 Å². The van der Waals surface area contributed by atoms with Crippen LogP contribution in [-0.2, 0) is 0 Å². The lowest BCUT2D eigenvalue weighted by Gasteiger charge is -2.03. The second kappa shape index (κ2) is 5.38. The summed E-state index contributed by atoms with van der Waals surface area (Å²) in [4.78, 5) is 15.1. The van der Waals surface area contributed by atoms with Crippen molar-refractivity contribution < 1.29 is 14.3 Å². The minimum atomic E-state index is -0.944. The van der Waals surface area contributed by atoms with Gasteiger partial charge in [0.25, 0.3) is 0 Å². The van der Waals surface area contributed by atoms with Gasteiger partial charge >= 0.3 is 5.97 Å². The van der Waals surface area contributed by atoms with Gasteiger partial charge in [-0.15, -0.1) is 11.8 Å². The van der Waals surface area contributed by atoms with Crippen LogP contribution in [0.5, 0.6) is 0 Å². The molecule has 0 radical (unpaired) electrons. The summed E-state index contributed by atoms with van der Waals surface area (Å²) in [5.41, 5.74) is 2.11. The number of nitrogens with zero attached hydrogens (tertiary/aromatic N) is 1. The molecule has 5 heteroatoms. The highest BCUT2D eigenvalue weighted by Crippen LogP contribution is 2.30. The van der Waals surface area contributed by atoms with Gasteiger partial charge in [-0.2, -0.15) is 0 Å². The van der Waals surface area contributed by atoms with Crippen molar-refractivity contribution in [3.8, 4) is 11.5 Å². The van der Waals surface area contributed by atoms with E-state index < -0.39 is 5.97 Å². The molecular weight excluding hydrogens is 274 g/mol. The van der Waals surface area contributed by atoms with Crippen molar-refractivity contribution in [1.82, 2.24) is 4.98 Å². The minimum absolute atomic E-state index is 0.247. The summed E-state index contributed by atoms with van der Waals surface area (Å²) in [6, 6.07) is 6.48. The Morgan fingerprint density at radius 2 is 2.10 bits per heavy atom. The number of carboxylic acid groups (broad SMARTS) is 1. The van der Waals surface area contributed by atoms with Crippen molar-refractivity contribution in [2.45, 2.75) is 6.42 Å². The number of allylic oxidation sites excluding steroid dienone is 2. The highest BCUT2D eigenvalue weighted by molar-refractivity contribution is 8.05. The van der Waals surface area contributed by atoms with Crippen molar-refractivity contribution in [3.63, 3.8) is 0 Å². The van der Waals surface area contributed by atoms with Gasteiger partial charge in [-0.05, 0) is 41.5 Å². The number of aromatic carboxylic acids is 1. The number of rotatable bonds is 3. The Bertz CT molecular complexity index is 698. The van der Waals surface area contributed by atoms with Crippen molar-refractivity contribution in [2.24, 2.45) is 0 Å². The van der Waals surface area contributed by atoms with E-state index in [-0.39, 0.29) is 5.56 Å². The Morgan fingerprint density at radius 3 is 2.75 bits per heavy atom. The number of thioether (sulfide) groups is 1. The van der Waals surface area contributed by atoms with Gasteiger partial charge in [0.05, 0.1) is 11.8 Å². The molecule has 0 aliphatic carbocycles. The van der Waals surface area contributed by atoms with Crippen molar-refractivity contribution >= 4 is 23.3 Å². The standard InChI is InChI=1S/C15H11NO3S/c17-15(18)11-5-3-10(4-6-11)14-16-8-13(19-14)12-2-1-7-20-9-12/h1,3-9H,2H2,(H,17,18). The maximum Gasteiger partial charge on any atom is 0.335 e. The predicted molar refractivity (Wildman–Crippen MR) is 78.2 cm³/mol. The summed E-state index contributed by atoms with van der Waals surface area (Å²) >= 11 is 1.61. The average molecular weight is 285 g/mol. The first-order chi connectivity index (χ1) is 9.74. The lowest BCUT2D eigenvalue weighted by atomic mass is 10.1. The van der Waals surface area contributed by atoms with Gasteiger partial charge in [-0.3, -0.25) is 0 Å². The second-order valence-corrected chi connectivity index (χ2v) is 5.05. The summed E-state index contributed by atoms with van der Waals surface area (Å²) in [5.74, 6) is 0.303. The third-order valence-corrected chi connectivity index (χ3v) is 3.69. The lowest BCUT2D eigenvalue weighted by molar-refractivity contribution is 0.0697. The van der Waals surface area contributed by atoms with Gasteiger partial charge in [0.15, 0.2) is 5.76 Å². The zero-order chi connectivity index (χ0) is 13.9. The summed E-state index contributed by atoms with van der Waals surface area (Å²) in [6.45, 7) is 0. The van der Waals surface area contributed by atoms with E-state index in [4.69, 9.17) is 9.52 Å². The Balaban J connectivity index is 1.86. The molecule has 3 rings (SSSR count). The molecule has 2 aromatic rings. The van der Waals surface area contributed by atoms with E-state index in [1.54, 1.807) is 42.2 Å². The maximum absolute atomic E-state index is 10.8. The average Bonchev–Trinajstić information content (AvgIpc) is 2.98. The van der Waals surface area contributed by atoms with Crippen LogP contribution in [0.2, 0.25) is 0 Å². The number of hydrogen-bond donors (Lipinski definition) is 1. The molecule has 20 heavy (non-hydrogen) atoms. The third-order valence-electron chi connectivity index (χ3n) is 2.92. The molecule has 0 atom stereocenters. The predicted octanol–water partition coefficient (Wildman–Crippen LogP) is 4.03. The number of oxazole rings is 1. The molecule has 1 aliphatic rings. The molecule has 1 aromatic heterocycles. The van der Waals surface area contributed by atoms with Crippen LogP contribution < -0.4 is 0 Å². The Hall–Kier alpha value is -2.27. The molecule has 0 bridgehead atoms. The Labute approximate surface area is 119 Å². The van der Waals surface area contributed by atoms with Gasteiger partial charge in [-0.1, -0.05) is 6.08 Å².